The van der Waals surface area contributed by atoms with Crippen molar-refractivity contribution in [2.45, 2.75) is 40.2 Å². The number of ether oxygens (including phenoxy) is 2. The van der Waals surface area contributed by atoms with E-state index in [0.717, 1.165) is 16.0 Å². The molecule has 27 heavy (non-hydrogen) atoms. The molecule has 2 aromatic rings. The quantitative estimate of drug-likeness (QED) is 0.347. The van der Waals surface area contributed by atoms with E-state index >= 15 is 0 Å². The molecule has 5 heteroatoms. The summed E-state index contributed by atoms with van der Waals surface area (Å²) in [6.45, 7) is 9.53. The van der Waals surface area contributed by atoms with Gasteiger partial charge in [-0.15, -0.1) is 17.9 Å². The van der Waals surface area contributed by atoms with Crippen molar-refractivity contribution in [2.75, 3.05) is 0 Å². The van der Waals surface area contributed by atoms with Crippen molar-refractivity contribution >= 4 is 23.3 Å². The summed E-state index contributed by atoms with van der Waals surface area (Å²) in [7, 11) is 0. The van der Waals surface area contributed by atoms with Crippen molar-refractivity contribution in [3.05, 3.63) is 64.4 Å². The molecule has 0 saturated carbocycles. The predicted molar refractivity (Wildman–Crippen MR) is 108 cm³/mol. The van der Waals surface area contributed by atoms with Gasteiger partial charge in [0, 0.05) is 4.88 Å². The number of hydrogen-bond acceptors (Lipinski definition) is 5. The van der Waals surface area contributed by atoms with Gasteiger partial charge in [-0.3, -0.25) is 9.59 Å². The van der Waals surface area contributed by atoms with Gasteiger partial charge < -0.3 is 9.47 Å². The van der Waals surface area contributed by atoms with Crippen LogP contribution in [0.2, 0.25) is 0 Å². The summed E-state index contributed by atoms with van der Waals surface area (Å²) in [5, 5.41) is 1.96. The molecule has 1 aromatic carbocycles. The van der Waals surface area contributed by atoms with Crippen molar-refractivity contribution in [1.82, 2.24) is 0 Å². The lowest BCUT2D eigenvalue weighted by Crippen LogP contribution is -2.17. The van der Waals surface area contributed by atoms with E-state index in [2.05, 4.69) is 6.58 Å². The van der Waals surface area contributed by atoms with Crippen molar-refractivity contribution in [1.29, 1.82) is 0 Å². The fraction of sp³-hybridized carbons (Fsp3) is 0.364. The van der Waals surface area contributed by atoms with Crippen LogP contribution in [0.5, 0.6) is 5.75 Å². The third kappa shape index (κ3) is 6.36. The zero-order valence-corrected chi connectivity index (χ0v) is 16.9. The zero-order valence-electron chi connectivity index (χ0n) is 16.1. The molecule has 0 fully saturated rings. The lowest BCUT2D eigenvalue weighted by Gasteiger charge is -2.14. The Morgan fingerprint density at radius 1 is 1.19 bits per heavy atom. The maximum Gasteiger partial charge on any atom is 0.313 e. The topological polar surface area (TPSA) is 52.6 Å². The number of hydrogen-bond donors (Lipinski definition) is 0. The molecule has 0 spiro atoms. The predicted octanol–water partition coefficient (Wildman–Crippen LogP) is 4.96. The van der Waals surface area contributed by atoms with Crippen LogP contribution >= 0.6 is 11.3 Å². The van der Waals surface area contributed by atoms with E-state index in [-0.39, 0.29) is 23.8 Å². The van der Waals surface area contributed by atoms with E-state index in [9.17, 15) is 9.59 Å². The van der Waals surface area contributed by atoms with Crippen LogP contribution in [-0.2, 0) is 33.8 Å². The van der Waals surface area contributed by atoms with Gasteiger partial charge in [-0.1, -0.05) is 45.0 Å². The maximum absolute atomic E-state index is 12.2. The maximum atomic E-state index is 12.2. The molecule has 1 aromatic heterocycles. The molecule has 0 aliphatic rings. The van der Waals surface area contributed by atoms with E-state index in [1.807, 2.05) is 36.6 Å². The normalized spacial score (nSPS) is 11.9. The largest absolute Gasteiger partial charge is 0.460 e. The Kier molecular flexibility index (Phi) is 7.80. The molecular formula is C22H26O4S. The summed E-state index contributed by atoms with van der Waals surface area (Å²) >= 11 is 1.57. The summed E-state index contributed by atoms with van der Waals surface area (Å²) < 4.78 is 10.9. The summed E-state index contributed by atoms with van der Waals surface area (Å²) in [5.74, 6) is -0.391. The Hall–Kier alpha value is -2.40. The molecule has 0 radical (unpaired) electrons. The minimum absolute atomic E-state index is 0.195. The minimum Gasteiger partial charge on any atom is -0.460 e. The second-order valence-corrected chi connectivity index (χ2v) is 7.84. The average Bonchev–Trinajstić information content (AvgIpc) is 3.15. The number of carbonyl (C=O) groups is 2. The highest BCUT2D eigenvalue weighted by atomic mass is 32.1. The minimum atomic E-state index is -0.265. The summed E-state index contributed by atoms with van der Waals surface area (Å²) in [6, 6.07) is 9.53. The van der Waals surface area contributed by atoms with Gasteiger partial charge in [0.05, 0.1) is 11.8 Å². The first-order chi connectivity index (χ1) is 12.9. The lowest BCUT2D eigenvalue weighted by atomic mass is 9.98. The molecule has 2 rings (SSSR count). The molecular weight excluding hydrogens is 360 g/mol. The first-order valence-electron chi connectivity index (χ1n) is 9.04. The number of carbonyl (C=O) groups excluding carboxylic acids is 2. The molecule has 4 nitrogen and oxygen atoms in total. The number of benzene rings is 1. The van der Waals surface area contributed by atoms with Gasteiger partial charge in [0.2, 0.25) is 0 Å². The van der Waals surface area contributed by atoms with Gasteiger partial charge in [0.1, 0.15) is 12.4 Å². The average molecular weight is 387 g/mol. The van der Waals surface area contributed by atoms with Crippen molar-refractivity contribution in [3.63, 3.8) is 0 Å². The molecule has 0 aliphatic carbocycles. The molecule has 0 N–H and O–H groups in total. The van der Waals surface area contributed by atoms with Crippen LogP contribution < -0.4 is 4.74 Å². The van der Waals surface area contributed by atoms with Crippen LogP contribution in [0.15, 0.2) is 48.4 Å². The Morgan fingerprint density at radius 3 is 2.59 bits per heavy atom. The highest BCUT2D eigenvalue weighted by molar-refractivity contribution is 7.09. The number of esters is 2. The molecule has 0 aliphatic heterocycles. The standard InChI is InChI=1S/C22H26O4S/c1-5-7-18-13-17(9-10-20(18)26-21(23)15(2)3)12-16(4)22(24)25-14-19-8-6-11-27-19/h5-6,8-11,13,15-16H,1,7,12,14H2,2-4H3/t16-/m1/s1. The van der Waals surface area contributed by atoms with E-state index in [1.54, 1.807) is 37.3 Å². The molecule has 0 amide bonds. The van der Waals surface area contributed by atoms with Gasteiger partial charge in [-0.05, 0) is 41.5 Å². The highest BCUT2D eigenvalue weighted by Gasteiger charge is 2.17. The van der Waals surface area contributed by atoms with E-state index in [4.69, 9.17) is 9.47 Å². The fourth-order valence-corrected chi connectivity index (χ4v) is 3.13. The van der Waals surface area contributed by atoms with Crippen LogP contribution in [-0.4, -0.2) is 11.9 Å². The Bertz CT molecular complexity index is 778. The Labute approximate surface area is 164 Å². The second-order valence-electron chi connectivity index (χ2n) is 6.80. The molecule has 0 saturated heterocycles. The van der Waals surface area contributed by atoms with Crippen LogP contribution in [0.4, 0.5) is 0 Å². The summed E-state index contributed by atoms with van der Waals surface area (Å²) in [6.07, 6.45) is 2.92. The first-order valence-corrected chi connectivity index (χ1v) is 9.92. The third-order valence-electron chi connectivity index (χ3n) is 4.05. The van der Waals surface area contributed by atoms with E-state index in [0.29, 0.717) is 25.2 Å². The highest BCUT2D eigenvalue weighted by Crippen LogP contribution is 2.24. The smallest absolute Gasteiger partial charge is 0.313 e. The van der Waals surface area contributed by atoms with E-state index in [1.165, 1.54) is 0 Å². The number of allylic oxidation sites excluding steroid dienone is 1. The van der Waals surface area contributed by atoms with Crippen LogP contribution in [0.1, 0.15) is 36.8 Å². The summed E-state index contributed by atoms with van der Waals surface area (Å²) in [5.41, 5.74) is 1.88. The van der Waals surface area contributed by atoms with Gasteiger partial charge in [0.25, 0.3) is 0 Å². The third-order valence-corrected chi connectivity index (χ3v) is 4.90. The first kappa shape index (κ1) is 20.9. The molecule has 144 valence electrons. The van der Waals surface area contributed by atoms with Crippen LogP contribution in [0, 0.1) is 11.8 Å². The zero-order chi connectivity index (χ0) is 19.8. The molecule has 1 heterocycles. The lowest BCUT2D eigenvalue weighted by molar-refractivity contribution is -0.149. The fourth-order valence-electron chi connectivity index (χ4n) is 2.52. The SMILES string of the molecule is C=CCc1cc(C[C@@H](C)C(=O)OCc2cccs2)ccc1OC(=O)C(C)C. The van der Waals surface area contributed by atoms with E-state index < -0.39 is 0 Å². The summed E-state index contributed by atoms with van der Waals surface area (Å²) in [4.78, 5) is 25.1. The molecule has 0 unspecified atom stereocenters. The Morgan fingerprint density at radius 2 is 1.96 bits per heavy atom. The number of thiophene rings is 1. The molecule has 0 bridgehead atoms. The monoisotopic (exact) mass is 386 g/mol. The van der Waals surface area contributed by atoms with Crippen LogP contribution in [0.3, 0.4) is 0 Å². The second kappa shape index (κ2) is 10.1. The van der Waals surface area contributed by atoms with Crippen molar-refractivity contribution in [3.8, 4) is 5.75 Å². The van der Waals surface area contributed by atoms with Crippen molar-refractivity contribution < 1.29 is 19.1 Å². The molecule has 1 atom stereocenters. The van der Waals surface area contributed by atoms with Gasteiger partial charge >= 0.3 is 11.9 Å². The van der Waals surface area contributed by atoms with Gasteiger partial charge in [-0.2, -0.15) is 0 Å². The van der Waals surface area contributed by atoms with Gasteiger partial charge in [0.15, 0.2) is 0 Å². The number of rotatable bonds is 9. The Balaban J connectivity index is 2.02. The van der Waals surface area contributed by atoms with Crippen LogP contribution in [0.25, 0.3) is 0 Å². The van der Waals surface area contributed by atoms with Gasteiger partial charge in [-0.25, -0.2) is 0 Å². The van der Waals surface area contributed by atoms with Crippen molar-refractivity contribution in [2.24, 2.45) is 11.8 Å².